The third-order valence-electron chi connectivity index (χ3n) is 4.15. The van der Waals surface area contributed by atoms with Gasteiger partial charge in [-0.1, -0.05) is 20.8 Å². The fraction of sp³-hybridized carbons (Fsp3) is 0.824. The van der Waals surface area contributed by atoms with Gasteiger partial charge in [0.1, 0.15) is 24.6 Å². The van der Waals surface area contributed by atoms with E-state index in [1.54, 1.807) is 6.08 Å². The molecule has 5 nitrogen and oxygen atoms in total. The van der Waals surface area contributed by atoms with E-state index >= 15 is 0 Å². The van der Waals surface area contributed by atoms with Crippen molar-refractivity contribution >= 4 is 14.3 Å². The summed E-state index contributed by atoms with van der Waals surface area (Å²) < 4.78 is 22.5. The Morgan fingerprint density at radius 1 is 1.17 bits per heavy atom. The van der Waals surface area contributed by atoms with Crippen LogP contribution in [0.4, 0.5) is 0 Å². The highest BCUT2D eigenvalue weighted by Gasteiger charge is 2.39. The fourth-order valence-corrected chi connectivity index (χ4v) is 2.76. The second kappa shape index (κ2) is 7.47. The van der Waals surface area contributed by atoms with Gasteiger partial charge in [-0.2, -0.15) is 0 Å². The molecule has 0 bridgehead atoms. The molecule has 0 aliphatic carbocycles. The molecule has 0 aromatic rings. The molecule has 0 spiro atoms. The zero-order chi connectivity index (χ0) is 17.9. The van der Waals surface area contributed by atoms with E-state index in [0.717, 1.165) is 0 Å². The third kappa shape index (κ3) is 6.75. The highest BCUT2D eigenvalue weighted by Crippen LogP contribution is 2.37. The largest absolute Gasteiger partial charge is 0.457 e. The molecule has 0 N–H and O–H groups in total. The first kappa shape index (κ1) is 20.4. The van der Waals surface area contributed by atoms with Crippen LogP contribution in [-0.2, 0) is 23.4 Å². The average molecular weight is 345 g/mol. The topological polar surface area (TPSA) is 54.0 Å². The van der Waals surface area contributed by atoms with Crippen LogP contribution in [0.1, 0.15) is 41.5 Å². The van der Waals surface area contributed by atoms with Gasteiger partial charge in [-0.05, 0) is 45.0 Å². The van der Waals surface area contributed by atoms with Crippen LogP contribution < -0.4 is 0 Å². The molecule has 0 saturated carbocycles. The van der Waals surface area contributed by atoms with Crippen molar-refractivity contribution in [1.29, 1.82) is 0 Å². The van der Waals surface area contributed by atoms with Crippen LogP contribution in [0.15, 0.2) is 12.2 Å². The normalized spacial score (nSPS) is 23.5. The zero-order valence-corrected chi connectivity index (χ0v) is 16.8. The number of rotatable bonds is 5. The van der Waals surface area contributed by atoms with Gasteiger partial charge in [-0.15, -0.1) is 0 Å². The molecular weight excluding hydrogens is 312 g/mol. The van der Waals surface area contributed by atoms with Crippen molar-refractivity contribution in [1.82, 2.24) is 0 Å². The Labute approximate surface area is 141 Å². The molecular formula is C17H32O5Si. The van der Waals surface area contributed by atoms with Crippen LogP contribution in [-0.4, -0.2) is 45.5 Å². The van der Waals surface area contributed by atoms with Gasteiger partial charge >= 0.3 is 5.97 Å². The van der Waals surface area contributed by atoms with Crippen molar-refractivity contribution in [2.24, 2.45) is 0 Å². The van der Waals surface area contributed by atoms with Crippen LogP contribution in [0, 0.1) is 0 Å². The highest BCUT2D eigenvalue weighted by atomic mass is 28.4. The summed E-state index contributed by atoms with van der Waals surface area (Å²) in [5, 5.41) is 0.147. The second-order valence-electron chi connectivity index (χ2n) is 8.42. The second-order valence-corrected chi connectivity index (χ2v) is 13.2. The standard InChI is InChI=1S/C17H32O5Si/c1-16(2,3)22-15(18)10-9-13-14(20-12-19-13)11-21-23(7,8)17(4,5)6/h9-10,13-14H,11-12H2,1-8H3/b10-9+/t13-,14-/m0/s1. The lowest BCUT2D eigenvalue weighted by Crippen LogP contribution is -2.43. The maximum atomic E-state index is 11.7. The average Bonchev–Trinajstić information content (AvgIpc) is 2.78. The molecule has 0 aromatic carbocycles. The predicted molar refractivity (Wildman–Crippen MR) is 92.7 cm³/mol. The summed E-state index contributed by atoms with van der Waals surface area (Å²) in [6.45, 7) is 17.2. The van der Waals surface area contributed by atoms with Gasteiger partial charge in [0.2, 0.25) is 0 Å². The van der Waals surface area contributed by atoms with E-state index in [-0.39, 0.29) is 30.0 Å². The lowest BCUT2D eigenvalue weighted by molar-refractivity contribution is -0.148. The molecule has 0 aromatic heterocycles. The number of carbonyl (C=O) groups is 1. The first-order valence-electron chi connectivity index (χ1n) is 8.10. The number of esters is 1. The Bertz CT molecular complexity index is 431. The van der Waals surface area contributed by atoms with Gasteiger partial charge in [0, 0.05) is 6.08 Å². The molecule has 0 amide bonds. The molecule has 1 fully saturated rings. The highest BCUT2D eigenvalue weighted by molar-refractivity contribution is 6.74. The van der Waals surface area contributed by atoms with E-state index in [9.17, 15) is 4.79 Å². The molecule has 0 radical (unpaired) electrons. The first-order chi connectivity index (χ1) is 10.3. The molecule has 0 unspecified atom stereocenters. The number of ether oxygens (including phenoxy) is 3. The lowest BCUT2D eigenvalue weighted by Gasteiger charge is -2.37. The summed E-state index contributed by atoms with van der Waals surface area (Å²) in [6.07, 6.45) is 2.63. The Kier molecular flexibility index (Phi) is 6.61. The van der Waals surface area contributed by atoms with E-state index in [1.165, 1.54) is 6.08 Å². The quantitative estimate of drug-likeness (QED) is 0.433. The van der Waals surface area contributed by atoms with E-state index < -0.39 is 13.9 Å². The fourth-order valence-electron chi connectivity index (χ4n) is 1.75. The van der Waals surface area contributed by atoms with Crippen LogP contribution in [0.5, 0.6) is 0 Å². The molecule has 1 heterocycles. The van der Waals surface area contributed by atoms with Crippen molar-refractivity contribution in [2.45, 2.75) is 77.5 Å². The minimum atomic E-state index is -1.83. The molecule has 1 aliphatic heterocycles. The monoisotopic (exact) mass is 344 g/mol. The van der Waals surface area contributed by atoms with Crippen LogP contribution >= 0.6 is 0 Å². The van der Waals surface area contributed by atoms with Crippen molar-refractivity contribution in [3.8, 4) is 0 Å². The van der Waals surface area contributed by atoms with Gasteiger partial charge in [-0.25, -0.2) is 4.79 Å². The molecule has 6 heteroatoms. The molecule has 1 aliphatic rings. The van der Waals surface area contributed by atoms with Gasteiger partial charge in [0.25, 0.3) is 0 Å². The third-order valence-corrected chi connectivity index (χ3v) is 8.65. The minimum absolute atomic E-state index is 0.147. The molecule has 1 saturated heterocycles. The molecule has 1 rings (SSSR count). The summed E-state index contributed by atoms with van der Waals surface area (Å²) in [6, 6.07) is 0. The lowest BCUT2D eigenvalue weighted by atomic mass is 10.2. The van der Waals surface area contributed by atoms with Gasteiger partial charge in [0.15, 0.2) is 8.32 Å². The Morgan fingerprint density at radius 2 is 1.78 bits per heavy atom. The zero-order valence-electron chi connectivity index (χ0n) is 15.8. The predicted octanol–water partition coefficient (Wildman–Crippen LogP) is 3.65. The number of hydrogen-bond donors (Lipinski definition) is 0. The van der Waals surface area contributed by atoms with Gasteiger partial charge in [0.05, 0.1) is 6.61 Å². The molecule has 23 heavy (non-hydrogen) atoms. The van der Waals surface area contributed by atoms with Crippen molar-refractivity contribution < 1.29 is 23.4 Å². The Balaban J connectivity index is 2.56. The summed E-state index contributed by atoms with van der Waals surface area (Å²) in [5.74, 6) is -0.378. The van der Waals surface area contributed by atoms with Crippen LogP contribution in [0.3, 0.4) is 0 Å². The van der Waals surface area contributed by atoms with Gasteiger partial charge < -0.3 is 18.6 Å². The SMILES string of the molecule is CC(C)(C)OC(=O)/C=C/[C@@H]1OCO[C@H]1CO[Si](C)(C)C(C)(C)C. The van der Waals surface area contributed by atoms with Crippen molar-refractivity contribution in [2.75, 3.05) is 13.4 Å². The van der Waals surface area contributed by atoms with Crippen molar-refractivity contribution in [3.63, 3.8) is 0 Å². The number of carbonyl (C=O) groups excluding carboxylic acids is 1. The smallest absolute Gasteiger partial charge is 0.331 e. The summed E-state index contributed by atoms with van der Waals surface area (Å²) in [4.78, 5) is 11.7. The number of hydrogen-bond acceptors (Lipinski definition) is 5. The summed E-state index contributed by atoms with van der Waals surface area (Å²) in [5.41, 5.74) is -0.501. The Morgan fingerprint density at radius 3 is 2.30 bits per heavy atom. The van der Waals surface area contributed by atoms with Crippen molar-refractivity contribution in [3.05, 3.63) is 12.2 Å². The summed E-state index contributed by atoms with van der Waals surface area (Å²) >= 11 is 0. The van der Waals surface area contributed by atoms with Crippen LogP contribution in [0.25, 0.3) is 0 Å². The Hall–Kier alpha value is -0.693. The van der Waals surface area contributed by atoms with E-state index in [1.807, 2.05) is 20.8 Å². The maximum Gasteiger partial charge on any atom is 0.331 e. The minimum Gasteiger partial charge on any atom is -0.457 e. The van der Waals surface area contributed by atoms with Gasteiger partial charge in [-0.3, -0.25) is 0 Å². The van der Waals surface area contributed by atoms with E-state index in [4.69, 9.17) is 18.6 Å². The molecule has 2 atom stereocenters. The first-order valence-corrected chi connectivity index (χ1v) is 11.0. The van der Waals surface area contributed by atoms with E-state index in [0.29, 0.717) is 6.61 Å². The maximum absolute atomic E-state index is 11.7. The van der Waals surface area contributed by atoms with E-state index in [2.05, 4.69) is 33.9 Å². The molecule has 134 valence electrons. The van der Waals surface area contributed by atoms with Crippen LogP contribution in [0.2, 0.25) is 18.1 Å². The summed E-state index contributed by atoms with van der Waals surface area (Å²) in [7, 11) is -1.83.